The normalized spacial score (nSPS) is 30.7. The highest BCUT2D eigenvalue weighted by Crippen LogP contribution is 2.60. The first-order valence-electron chi connectivity index (χ1n) is 14.1. The Hall–Kier alpha value is -3.05. The zero-order valence-electron chi connectivity index (χ0n) is 24.9. The summed E-state index contributed by atoms with van der Waals surface area (Å²) in [7, 11) is -10.8. The molecule has 0 bridgehead atoms. The maximum atomic E-state index is 12.5. The van der Waals surface area contributed by atoms with Gasteiger partial charge in [0.15, 0.2) is 36.2 Å². The lowest BCUT2D eigenvalue weighted by atomic mass is 10.0. The molecule has 3 aromatic rings. The predicted octanol–water partition coefficient (Wildman–Crippen LogP) is -3.09. The topological polar surface area (TPSA) is 338 Å². The van der Waals surface area contributed by atoms with E-state index in [1.807, 2.05) is 0 Å². The average molecular weight is 723 g/mol. The number of hydrogen-bond acceptors (Lipinski definition) is 17. The zero-order chi connectivity index (χ0) is 35.1. The molecule has 0 aromatic carbocycles. The Morgan fingerprint density at radius 2 is 1.65 bits per heavy atom. The lowest BCUT2D eigenvalue weighted by Crippen LogP contribution is -2.46. The molecular weight excluding hydrogens is 688 g/mol. The first-order valence-corrected chi connectivity index (χ1v) is 17.1. The summed E-state index contributed by atoms with van der Waals surface area (Å²) >= 11 is 0. The van der Waals surface area contributed by atoms with Crippen molar-refractivity contribution in [2.24, 2.45) is 5.73 Å². The van der Waals surface area contributed by atoms with E-state index in [1.165, 1.54) is 40.8 Å². The fourth-order valence-corrected chi connectivity index (χ4v) is 7.29. The maximum Gasteiger partial charge on any atom is 0.481 e. The van der Waals surface area contributed by atoms with Gasteiger partial charge in [-0.2, -0.15) is 8.88 Å². The average Bonchev–Trinajstić information content (AvgIpc) is 3.65. The Kier molecular flexibility index (Phi) is 10.6. The molecule has 22 nitrogen and oxygen atoms in total. The number of phosphoric acid groups is 2. The Morgan fingerprint density at radius 1 is 1.02 bits per heavy atom. The van der Waals surface area contributed by atoms with Crippen molar-refractivity contribution in [1.29, 1.82) is 0 Å². The molecule has 24 heteroatoms. The van der Waals surface area contributed by atoms with Gasteiger partial charge in [-0.15, -0.1) is 0 Å². The number of aromatic nitrogens is 5. The van der Waals surface area contributed by atoms with E-state index in [0.29, 0.717) is 5.56 Å². The van der Waals surface area contributed by atoms with Crippen molar-refractivity contribution in [3.8, 4) is 0 Å². The molecule has 0 saturated carbocycles. The highest BCUT2D eigenvalue weighted by Gasteiger charge is 2.50. The minimum Gasteiger partial charge on any atom is -0.393 e. The molecule has 1 amide bonds. The predicted molar refractivity (Wildman–Crippen MR) is 155 cm³/mol. The van der Waals surface area contributed by atoms with Gasteiger partial charge in [0.25, 0.3) is 12.1 Å². The number of anilines is 1. The van der Waals surface area contributed by atoms with Crippen LogP contribution in [0.2, 0.25) is 0 Å². The highest BCUT2D eigenvalue weighted by molar-refractivity contribution is 7.61. The minimum absolute atomic E-state index is 0.00543. The lowest BCUT2D eigenvalue weighted by Gasteiger charge is -2.20. The number of rotatable bonds is 13. The molecule has 11 atom stereocenters. The molecule has 264 valence electrons. The van der Waals surface area contributed by atoms with Crippen molar-refractivity contribution in [2.45, 2.75) is 68.5 Å². The van der Waals surface area contributed by atoms with E-state index in [0.717, 1.165) is 6.33 Å². The van der Waals surface area contributed by atoms with Crippen molar-refractivity contribution >= 4 is 38.5 Å². The van der Waals surface area contributed by atoms with Crippen molar-refractivity contribution in [2.75, 3.05) is 18.9 Å². The molecule has 3 aromatic heterocycles. The number of aliphatic hydroxyl groups excluding tert-OH is 5. The van der Waals surface area contributed by atoms with Crippen molar-refractivity contribution in [3.05, 3.63) is 42.2 Å². The third-order valence-corrected chi connectivity index (χ3v) is 10.1. The summed E-state index contributed by atoms with van der Waals surface area (Å²) in [5, 5.41) is 51.7. The quantitative estimate of drug-likeness (QED) is 0.0623. The first kappa shape index (κ1) is 36.2. The van der Waals surface area contributed by atoms with Crippen LogP contribution in [0.1, 0.15) is 35.3 Å². The van der Waals surface area contributed by atoms with Crippen LogP contribution in [-0.4, -0.2) is 117 Å². The van der Waals surface area contributed by atoms with E-state index < -0.39 is 89.9 Å². The summed E-state index contributed by atoms with van der Waals surface area (Å²) < 4.78 is 52.3. The number of amides is 1. The van der Waals surface area contributed by atoms with Crippen molar-refractivity contribution in [3.63, 3.8) is 0 Å². The van der Waals surface area contributed by atoms with Crippen LogP contribution in [0.4, 0.5) is 5.82 Å². The number of fused-ring (bicyclic) bond motifs is 1. The Labute approximate surface area is 270 Å². The third-order valence-electron chi connectivity index (χ3n) is 7.49. The van der Waals surface area contributed by atoms with Gasteiger partial charge in [-0.1, -0.05) is 0 Å². The fourth-order valence-electron chi connectivity index (χ4n) is 5.20. The van der Waals surface area contributed by atoms with Crippen LogP contribution >= 0.6 is 15.6 Å². The van der Waals surface area contributed by atoms with Crippen LogP contribution in [0.15, 0.2) is 31.1 Å². The number of nitrogens with zero attached hydrogens (tertiary/aromatic N) is 5. The molecular formula is C24H34N7O15P2+. The van der Waals surface area contributed by atoms with Crippen LogP contribution in [0.5, 0.6) is 0 Å². The number of nitrogens with two attached hydrogens (primary N) is 2. The SMILES string of the molecule is CC(O)Cc1cc[n+]([C@@H]2O[C@H](COP(=O)(O)OP(=O)(O)OC[C@H]3O[C@@H](n4cnc5c(N)ncnc54)[C@H](O)[C@@H]3O)[C@@H](O)[C@H]2O)cc1C(N)=O. The largest absolute Gasteiger partial charge is 0.481 e. The summed E-state index contributed by atoms with van der Waals surface area (Å²) in [5.41, 5.74) is 12.0. The minimum atomic E-state index is -5.41. The number of imidazole rings is 1. The number of aliphatic hydroxyl groups is 5. The number of hydrogen-bond donors (Lipinski definition) is 9. The molecule has 48 heavy (non-hydrogen) atoms. The molecule has 0 aliphatic carbocycles. The number of primary amides is 1. The molecule has 5 rings (SSSR count). The monoisotopic (exact) mass is 722 g/mol. The van der Waals surface area contributed by atoms with Gasteiger partial charge in [0.1, 0.15) is 47.9 Å². The molecule has 2 fully saturated rings. The number of phosphoric ester groups is 2. The number of nitrogen functional groups attached to an aromatic ring is 1. The van der Waals surface area contributed by atoms with Crippen molar-refractivity contribution in [1.82, 2.24) is 19.5 Å². The second kappa shape index (κ2) is 14.1. The Morgan fingerprint density at radius 3 is 2.27 bits per heavy atom. The number of carbonyl (C=O) groups is 1. The molecule has 3 unspecified atom stereocenters. The molecule has 5 heterocycles. The first-order chi connectivity index (χ1) is 22.5. The number of carbonyl (C=O) groups excluding carboxylic acids is 1. The number of ether oxygens (including phenoxy) is 2. The van der Waals surface area contributed by atoms with Gasteiger partial charge in [0, 0.05) is 6.07 Å². The van der Waals surface area contributed by atoms with E-state index in [2.05, 4.69) is 19.3 Å². The van der Waals surface area contributed by atoms with E-state index in [9.17, 15) is 49.2 Å². The summed E-state index contributed by atoms with van der Waals surface area (Å²) in [6.45, 7) is -0.336. The van der Waals surface area contributed by atoms with Gasteiger partial charge in [-0.05, 0) is 18.9 Å². The van der Waals surface area contributed by atoms with Crippen LogP contribution in [0, 0.1) is 0 Å². The van der Waals surface area contributed by atoms with E-state index >= 15 is 0 Å². The van der Waals surface area contributed by atoms with Gasteiger partial charge >= 0.3 is 15.6 Å². The smallest absolute Gasteiger partial charge is 0.393 e. The van der Waals surface area contributed by atoms with E-state index in [-0.39, 0.29) is 29.0 Å². The van der Waals surface area contributed by atoms with E-state index in [4.69, 9.17) is 30.0 Å². The van der Waals surface area contributed by atoms with Gasteiger partial charge in [0.05, 0.1) is 25.6 Å². The van der Waals surface area contributed by atoms with Crippen LogP contribution in [-0.2, 0) is 38.4 Å². The van der Waals surface area contributed by atoms with Gasteiger partial charge in [0.2, 0.25) is 0 Å². The van der Waals surface area contributed by atoms with Crippen LogP contribution in [0.3, 0.4) is 0 Å². The van der Waals surface area contributed by atoms with E-state index in [1.54, 1.807) is 0 Å². The Balaban J connectivity index is 1.17. The summed E-state index contributed by atoms with van der Waals surface area (Å²) in [5.74, 6) is -0.790. The molecule has 11 N–H and O–H groups in total. The number of pyridine rings is 1. The second-order valence-electron chi connectivity index (χ2n) is 11.0. The molecule has 2 saturated heterocycles. The molecule has 2 aliphatic rings. The maximum absolute atomic E-state index is 12.5. The molecule has 0 spiro atoms. The standard InChI is InChI=1S/C24H33N7O15P2/c1-10(32)4-11-2-3-30(5-12(11)21(26)37)23-18(35)16(33)13(44-23)6-42-47(38,39)46-48(40,41)43-7-14-17(34)19(36)24(45-14)31-9-29-15-20(25)27-8-28-22(15)31/h2-3,5,8-10,13-14,16-19,23-24,32-36H,4,6-7H2,1H3,(H5-,25,26,27,28,37,38,39,40,41)/p+1/t10?,13-,14-,16-,17-,18-,19-,23-,24-/m1/s1. The highest BCUT2D eigenvalue weighted by atomic mass is 31.3. The van der Waals surface area contributed by atoms with Gasteiger partial charge in [-0.25, -0.2) is 24.1 Å². The van der Waals surface area contributed by atoms with Gasteiger partial charge in [-0.3, -0.25) is 18.4 Å². The molecule has 0 radical (unpaired) electrons. The summed E-state index contributed by atoms with van der Waals surface area (Å²) in [4.78, 5) is 44.0. The Bertz CT molecular complexity index is 1750. The van der Waals surface area contributed by atoms with Crippen LogP contribution < -0.4 is 16.0 Å². The van der Waals surface area contributed by atoms with Crippen LogP contribution in [0.25, 0.3) is 11.2 Å². The zero-order valence-corrected chi connectivity index (χ0v) is 26.7. The molecule has 2 aliphatic heterocycles. The fraction of sp³-hybridized carbons (Fsp3) is 0.542. The summed E-state index contributed by atoms with van der Waals surface area (Å²) in [6, 6.07) is 1.45. The summed E-state index contributed by atoms with van der Waals surface area (Å²) in [6.07, 6.45) is -7.87. The van der Waals surface area contributed by atoms with Crippen molar-refractivity contribution < 1.29 is 76.6 Å². The van der Waals surface area contributed by atoms with Gasteiger partial charge < -0.3 is 56.3 Å². The lowest BCUT2D eigenvalue weighted by molar-refractivity contribution is -0.765. The second-order valence-corrected chi connectivity index (χ2v) is 14.1. The third kappa shape index (κ3) is 7.72.